The zero-order valence-corrected chi connectivity index (χ0v) is 10.8. The highest BCUT2D eigenvalue weighted by Crippen LogP contribution is 2.37. The number of ether oxygens (including phenoxy) is 2. The lowest BCUT2D eigenvalue weighted by Gasteiger charge is -2.10. The molecule has 1 N–H and O–H groups in total. The van der Waals surface area contributed by atoms with Crippen LogP contribution in [0, 0.1) is 0 Å². The summed E-state index contributed by atoms with van der Waals surface area (Å²) in [5.41, 5.74) is 1.11. The average Bonchev–Trinajstić information content (AvgIpc) is 2.34. The number of aryl methyl sites for hydroxylation is 1. The molecule has 0 bridgehead atoms. The van der Waals surface area contributed by atoms with Gasteiger partial charge in [-0.2, -0.15) is 0 Å². The third-order valence-corrected chi connectivity index (χ3v) is 2.08. The molecule has 0 amide bonds. The fourth-order valence-corrected chi connectivity index (χ4v) is 1.38. The molecule has 0 aliphatic carbocycles. The maximum Gasteiger partial charge on any atom is 0.200 e. The Kier molecular flexibility index (Phi) is 7.18. The molecule has 0 unspecified atom stereocenters. The van der Waals surface area contributed by atoms with Crippen molar-refractivity contribution in [1.29, 1.82) is 0 Å². The summed E-state index contributed by atoms with van der Waals surface area (Å²) in [5, 5.41) is 9.63. The van der Waals surface area contributed by atoms with Crippen molar-refractivity contribution in [3.05, 3.63) is 17.7 Å². The van der Waals surface area contributed by atoms with E-state index in [4.69, 9.17) is 9.47 Å². The molecule has 0 heterocycles. The quantitative estimate of drug-likeness (QED) is 0.855. The molecule has 0 aliphatic heterocycles. The van der Waals surface area contributed by atoms with Crippen LogP contribution in [-0.2, 0) is 6.42 Å². The van der Waals surface area contributed by atoms with Gasteiger partial charge < -0.3 is 14.6 Å². The SMILES string of the molecule is CC.CCCc1cc(OC)c(O)c(OC)c1. The minimum Gasteiger partial charge on any atom is -0.502 e. The van der Waals surface area contributed by atoms with Crippen molar-refractivity contribution in [3.63, 3.8) is 0 Å². The van der Waals surface area contributed by atoms with Gasteiger partial charge in [0.2, 0.25) is 5.75 Å². The lowest BCUT2D eigenvalue weighted by atomic mass is 10.1. The summed E-state index contributed by atoms with van der Waals surface area (Å²) < 4.78 is 10.1. The van der Waals surface area contributed by atoms with Crippen molar-refractivity contribution >= 4 is 0 Å². The Labute approximate surface area is 98.0 Å². The highest BCUT2D eigenvalue weighted by atomic mass is 16.5. The zero-order chi connectivity index (χ0) is 12.6. The number of rotatable bonds is 4. The number of methoxy groups -OCH3 is 2. The molecular weight excluding hydrogens is 204 g/mol. The van der Waals surface area contributed by atoms with Gasteiger partial charge in [0, 0.05) is 0 Å². The van der Waals surface area contributed by atoms with Gasteiger partial charge in [0.1, 0.15) is 0 Å². The second-order valence-electron chi connectivity index (χ2n) is 3.10. The Balaban J connectivity index is 0.00000106. The van der Waals surface area contributed by atoms with Crippen LogP contribution in [0.4, 0.5) is 0 Å². The standard InChI is InChI=1S/C11H16O3.C2H6/c1-4-5-8-6-9(13-2)11(12)10(7-8)14-3;1-2/h6-7,12H,4-5H2,1-3H3;1-2H3. The lowest BCUT2D eigenvalue weighted by molar-refractivity contribution is 0.339. The number of hydrogen-bond acceptors (Lipinski definition) is 3. The van der Waals surface area contributed by atoms with E-state index in [9.17, 15) is 5.11 Å². The molecule has 16 heavy (non-hydrogen) atoms. The van der Waals surface area contributed by atoms with Crippen molar-refractivity contribution in [2.24, 2.45) is 0 Å². The smallest absolute Gasteiger partial charge is 0.200 e. The van der Waals surface area contributed by atoms with Crippen LogP contribution < -0.4 is 9.47 Å². The third kappa shape index (κ3) is 3.65. The molecule has 1 aromatic rings. The van der Waals surface area contributed by atoms with Crippen LogP contribution in [0.2, 0.25) is 0 Å². The topological polar surface area (TPSA) is 38.7 Å². The first-order valence-corrected chi connectivity index (χ1v) is 5.66. The van der Waals surface area contributed by atoms with Crippen molar-refractivity contribution in [2.45, 2.75) is 33.6 Å². The van der Waals surface area contributed by atoms with Crippen LogP contribution in [0.5, 0.6) is 17.2 Å². The normalized spacial score (nSPS) is 9.06. The maximum atomic E-state index is 9.63. The van der Waals surface area contributed by atoms with Gasteiger partial charge in [0.05, 0.1) is 14.2 Å². The Morgan fingerprint density at radius 1 is 1.06 bits per heavy atom. The summed E-state index contributed by atoms with van der Waals surface area (Å²) in [4.78, 5) is 0. The number of phenolic OH excluding ortho intramolecular Hbond substituents is 1. The monoisotopic (exact) mass is 226 g/mol. The predicted octanol–water partition coefficient (Wildman–Crippen LogP) is 3.39. The van der Waals surface area contributed by atoms with Gasteiger partial charge in [-0.3, -0.25) is 0 Å². The molecule has 0 saturated heterocycles. The molecule has 0 aliphatic rings. The Morgan fingerprint density at radius 2 is 1.50 bits per heavy atom. The van der Waals surface area contributed by atoms with Gasteiger partial charge in [-0.1, -0.05) is 27.2 Å². The number of hydrogen-bond donors (Lipinski definition) is 1. The summed E-state index contributed by atoms with van der Waals surface area (Å²) in [6, 6.07) is 3.67. The molecule has 0 spiro atoms. The first-order valence-electron chi connectivity index (χ1n) is 5.66. The van der Waals surface area contributed by atoms with E-state index in [0.717, 1.165) is 18.4 Å². The molecular formula is C13H22O3. The summed E-state index contributed by atoms with van der Waals surface area (Å²) in [5.74, 6) is 0.996. The van der Waals surface area contributed by atoms with Crippen LogP contribution in [0.3, 0.4) is 0 Å². The van der Waals surface area contributed by atoms with Crippen molar-refractivity contribution < 1.29 is 14.6 Å². The fourth-order valence-electron chi connectivity index (χ4n) is 1.38. The molecule has 0 fully saturated rings. The Hall–Kier alpha value is -1.38. The van der Waals surface area contributed by atoms with E-state index in [1.165, 1.54) is 14.2 Å². The van der Waals surface area contributed by atoms with Crippen LogP contribution >= 0.6 is 0 Å². The largest absolute Gasteiger partial charge is 0.502 e. The molecule has 0 radical (unpaired) electrons. The second-order valence-corrected chi connectivity index (χ2v) is 3.10. The number of aromatic hydroxyl groups is 1. The van der Waals surface area contributed by atoms with Crippen LogP contribution in [0.25, 0.3) is 0 Å². The van der Waals surface area contributed by atoms with Crippen LogP contribution in [0.15, 0.2) is 12.1 Å². The number of phenols is 1. The summed E-state index contributed by atoms with van der Waals surface area (Å²) in [7, 11) is 3.06. The summed E-state index contributed by atoms with van der Waals surface area (Å²) in [6.07, 6.45) is 2.00. The molecule has 1 aromatic carbocycles. The van der Waals surface area contributed by atoms with Gasteiger partial charge in [0.25, 0.3) is 0 Å². The van der Waals surface area contributed by atoms with E-state index in [2.05, 4.69) is 6.92 Å². The summed E-state index contributed by atoms with van der Waals surface area (Å²) in [6.45, 7) is 6.10. The van der Waals surface area contributed by atoms with Gasteiger partial charge in [-0.25, -0.2) is 0 Å². The van der Waals surface area contributed by atoms with E-state index in [1.807, 2.05) is 26.0 Å². The minimum absolute atomic E-state index is 0.0647. The lowest BCUT2D eigenvalue weighted by Crippen LogP contribution is -1.92. The molecule has 3 heteroatoms. The van der Waals surface area contributed by atoms with Crippen LogP contribution in [0.1, 0.15) is 32.8 Å². The Morgan fingerprint density at radius 3 is 1.81 bits per heavy atom. The highest BCUT2D eigenvalue weighted by Gasteiger charge is 2.10. The highest BCUT2D eigenvalue weighted by molar-refractivity contribution is 5.52. The van der Waals surface area contributed by atoms with Gasteiger partial charge in [0.15, 0.2) is 11.5 Å². The first kappa shape index (κ1) is 14.6. The maximum absolute atomic E-state index is 9.63. The van der Waals surface area contributed by atoms with E-state index >= 15 is 0 Å². The van der Waals surface area contributed by atoms with E-state index in [-0.39, 0.29) is 5.75 Å². The van der Waals surface area contributed by atoms with E-state index < -0.39 is 0 Å². The Bertz CT molecular complexity index is 283. The summed E-state index contributed by atoms with van der Waals surface area (Å²) >= 11 is 0. The van der Waals surface area contributed by atoms with Gasteiger partial charge in [-0.15, -0.1) is 0 Å². The van der Waals surface area contributed by atoms with Gasteiger partial charge in [-0.05, 0) is 24.1 Å². The molecule has 3 nitrogen and oxygen atoms in total. The van der Waals surface area contributed by atoms with E-state index in [1.54, 1.807) is 0 Å². The average molecular weight is 226 g/mol. The molecule has 0 atom stereocenters. The minimum atomic E-state index is 0.0647. The van der Waals surface area contributed by atoms with E-state index in [0.29, 0.717) is 11.5 Å². The van der Waals surface area contributed by atoms with Crippen molar-refractivity contribution in [2.75, 3.05) is 14.2 Å². The zero-order valence-electron chi connectivity index (χ0n) is 10.8. The third-order valence-electron chi connectivity index (χ3n) is 2.08. The van der Waals surface area contributed by atoms with Gasteiger partial charge >= 0.3 is 0 Å². The predicted molar refractivity (Wildman–Crippen MR) is 66.6 cm³/mol. The number of benzene rings is 1. The van der Waals surface area contributed by atoms with Crippen LogP contribution in [-0.4, -0.2) is 19.3 Å². The molecule has 0 saturated carbocycles. The van der Waals surface area contributed by atoms with Crippen molar-refractivity contribution in [3.8, 4) is 17.2 Å². The van der Waals surface area contributed by atoms with Crippen molar-refractivity contribution in [1.82, 2.24) is 0 Å². The molecule has 0 aromatic heterocycles. The molecule has 92 valence electrons. The first-order chi connectivity index (χ1) is 7.72. The fraction of sp³-hybridized carbons (Fsp3) is 0.538. The second kappa shape index (κ2) is 7.85. The molecule has 1 rings (SSSR count).